The number of hydrogen-bond acceptors (Lipinski definition) is 4. The molecular weight excluding hydrogens is 288 g/mol. The fourth-order valence-electron chi connectivity index (χ4n) is 1.40. The molecule has 0 amide bonds. The normalized spacial score (nSPS) is 10.9. The van der Waals surface area contributed by atoms with E-state index in [-0.39, 0.29) is 0 Å². The van der Waals surface area contributed by atoms with E-state index < -0.39 is 0 Å². The van der Waals surface area contributed by atoms with Crippen molar-refractivity contribution in [3.63, 3.8) is 0 Å². The lowest BCUT2D eigenvalue weighted by Crippen LogP contribution is -2.17. The first kappa shape index (κ1) is 11.8. The van der Waals surface area contributed by atoms with Crippen LogP contribution in [0.3, 0.4) is 0 Å². The van der Waals surface area contributed by atoms with E-state index in [4.69, 9.17) is 0 Å². The lowest BCUT2D eigenvalue weighted by Gasteiger charge is -2.02. The maximum atomic E-state index is 4.03. The Labute approximate surface area is 107 Å². The number of halogens is 1. The van der Waals surface area contributed by atoms with Crippen LogP contribution < -0.4 is 5.32 Å². The summed E-state index contributed by atoms with van der Waals surface area (Å²) < 4.78 is 3.13. The van der Waals surface area contributed by atoms with Crippen molar-refractivity contribution in [1.82, 2.24) is 20.1 Å². The highest BCUT2D eigenvalue weighted by Crippen LogP contribution is 2.20. The Morgan fingerprint density at radius 2 is 2.44 bits per heavy atom. The summed E-state index contributed by atoms with van der Waals surface area (Å²) in [6.45, 7) is 1.82. The zero-order chi connectivity index (χ0) is 11.4. The van der Waals surface area contributed by atoms with Crippen molar-refractivity contribution >= 4 is 27.3 Å². The fourth-order valence-corrected chi connectivity index (χ4v) is 2.61. The van der Waals surface area contributed by atoms with E-state index in [0.29, 0.717) is 0 Å². The molecule has 4 nitrogen and oxygen atoms in total. The van der Waals surface area contributed by atoms with Crippen LogP contribution in [-0.4, -0.2) is 21.3 Å². The van der Waals surface area contributed by atoms with Crippen LogP contribution in [0.25, 0.3) is 0 Å². The molecule has 86 valence electrons. The third-order valence-corrected chi connectivity index (χ3v) is 3.83. The molecule has 0 radical (unpaired) electrons. The molecule has 0 aliphatic rings. The van der Waals surface area contributed by atoms with E-state index in [1.165, 1.54) is 9.35 Å². The highest BCUT2D eigenvalue weighted by molar-refractivity contribution is 9.11. The summed E-state index contributed by atoms with van der Waals surface area (Å²) in [5.74, 6) is 1.01. The summed E-state index contributed by atoms with van der Waals surface area (Å²) in [7, 11) is 1.96. The first-order chi connectivity index (χ1) is 7.75. The molecule has 2 aromatic rings. The molecule has 0 bridgehead atoms. The molecule has 0 fully saturated rings. The van der Waals surface area contributed by atoms with Crippen LogP contribution in [-0.2, 0) is 20.0 Å². The monoisotopic (exact) mass is 300 g/mol. The van der Waals surface area contributed by atoms with Gasteiger partial charge in [0.25, 0.3) is 0 Å². The summed E-state index contributed by atoms with van der Waals surface area (Å²) in [6, 6.07) is 2.14. The van der Waals surface area contributed by atoms with Gasteiger partial charge in [0, 0.05) is 26.6 Å². The second-order valence-corrected chi connectivity index (χ2v) is 5.83. The van der Waals surface area contributed by atoms with Crippen LogP contribution in [0.5, 0.6) is 0 Å². The Balaban J connectivity index is 1.71. The average Bonchev–Trinajstić information content (AvgIpc) is 2.83. The second-order valence-electron chi connectivity index (χ2n) is 3.54. The van der Waals surface area contributed by atoms with Gasteiger partial charge in [0.2, 0.25) is 0 Å². The van der Waals surface area contributed by atoms with E-state index in [1.54, 1.807) is 17.7 Å². The first-order valence-electron chi connectivity index (χ1n) is 5.02. The summed E-state index contributed by atoms with van der Waals surface area (Å²) in [5.41, 5.74) is 1.31. The standard InChI is InChI=1S/C10H13BrN4S/c1-15-7-13-14-10(15)2-3-12-5-8-4-9(11)16-6-8/h4,6-7,12H,2-3,5H2,1H3. The van der Waals surface area contributed by atoms with E-state index in [0.717, 1.165) is 25.3 Å². The fraction of sp³-hybridized carbons (Fsp3) is 0.400. The second kappa shape index (κ2) is 5.56. The van der Waals surface area contributed by atoms with Crippen LogP contribution in [0.4, 0.5) is 0 Å². The smallest absolute Gasteiger partial charge is 0.133 e. The van der Waals surface area contributed by atoms with Gasteiger partial charge < -0.3 is 9.88 Å². The van der Waals surface area contributed by atoms with Gasteiger partial charge in [-0.2, -0.15) is 0 Å². The minimum absolute atomic E-state index is 0.903. The van der Waals surface area contributed by atoms with E-state index in [1.807, 2.05) is 11.6 Å². The van der Waals surface area contributed by atoms with Gasteiger partial charge in [-0.05, 0) is 32.9 Å². The Morgan fingerprint density at radius 3 is 3.06 bits per heavy atom. The number of aromatic nitrogens is 3. The van der Waals surface area contributed by atoms with Gasteiger partial charge in [-0.1, -0.05) is 0 Å². The van der Waals surface area contributed by atoms with E-state index in [9.17, 15) is 0 Å². The molecule has 2 aromatic heterocycles. The van der Waals surface area contributed by atoms with Crippen molar-refractivity contribution in [3.8, 4) is 0 Å². The summed E-state index contributed by atoms with van der Waals surface area (Å²) in [4.78, 5) is 0. The SMILES string of the molecule is Cn1cnnc1CCNCc1csc(Br)c1. The lowest BCUT2D eigenvalue weighted by molar-refractivity contribution is 0.654. The molecular formula is C10H13BrN4S. The lowest BCUT2D eigenvalue weighted by atomic mass is 10.3. The Hall–Kier alpha value is -0.720. The van der Waals surface area contributed by atoms with Crippen molar-refractivity contribution in [2.24, 2.45) is 7.05 Å². The Bertz CT molecular complexity index is 451. The molecule has 0 spiro atoms. The highest BCUT2D eigenvalue weighted by Gasteiger charge is 2.00. The number of nitrogens with zero attached hydrogens (tertiary/aromatic N) is 3. The van der Waals surface area contributed by atoms with Crippen molar-refractivity contribution < 1.29 is 0 Å². The van der Waals surface area contributed by atoms with Crippen LogP contribution >= 0.6 is 27.3 Å². The predicted octanol–water partition coefficient (Wildman–Crippen LogP) is 1.97. The van der Waals surface area contributed by atoms with Gasteiger partial charge in [-0.3, -0.25) is 0 Å². The zero-order valence-corrected chi connectivity index (χ0v) is 11.4. The number of rotatable bonds is 5. The van der Waals surface area contributed by atoms with Crippen LogP contribution in [0.2, 0.25) is 0 Å². The minimum atomic E-state index is 0.903. The van der Waals surface area contributed by atoms with Crippen LogP contribution in [0.15, 0.2) is 21.6 Å². The first-order valence-corrected chi connectivity index (χ1v) is 6.69. The molecule has 2 heterocycles. The molecule has 0 unspecified atom stereocenters. The van der Waals surface area contributed by atoms with Crippen molar-refractivity contribution in [2.75, 3.05) is 6.54 Å². The number of aryl methyl sites for hydroxylation is 1. The van der Waals surface area contributed by atoms with E-state index in [2.05, 4.69) is 42.9 Å². The average molecular weight is 301 g/mol. The zero-order valence-electron chi connectivity index (χ0n) is 8.98. The molecule has 1 N–H and O–H groups in total. The number of thiophene rings is 1. The highest BCUT2D eigenvalue weighted by atomic mass is 79.9. The van der Waals surface area contributed by atoms with E-state index >= 15 is 0 Å². The third-order valence-electron chi connectivity index (χ3n) is 2.28. The van der Waals surface area contributed by atoms with Crippen LogP contribution in [0.1, 0.15) is 11.4 Å². The predicted molar refractivity (Wildman–Crippen MR) is 68.4 cm³/mol. The number of hydrogen-bond donors (Lipinski definition) is 1. The van der Waals surface area contributed by atoms with Gasteiger partial charge in [-0.15, -0.1) is 21.5 Å². The molecule has 6 heteroatoms. The summed E-state index contributed by atoms with van der Waals surface area (Å²) >= 11 is 5.16. The molecule has 2 rings (SSSR count). The molecule has 0 aliphatic carbocycles. The molecule has 0 aromatic carbocycles. The molecule has 0 aliphatic heterocycles. The maximum Gasteiger partial charge on any atom is 0.133 e. The maximum absolute atomic E-state index is 4.03. The molecule has 0 saturated carbocycles. The summed E-state index contributed by atoms with van der Waals surface area (Å²) in [6.07, 6.45) is 2.63. The van der Waals surface area contributed by atoms with Crippen LogP contribution in [0, 0.1) is 0 Å². The van der Waals surface area contributed by atoms with Crippen molar-refractivity contribution in [2.45, 2.75) is 13.0 Å². The van der Waals surface area contributed by atoms with Gasteiger partial charge >= 0.3 is 0 Å². The van der Waals surface area contributed by atoms with Crippen molar-refractivity contribution in [3.05, 3.63) is 32.9 Å². The summed E-state index contributed by atoms with van der Waals surface area (Å²) in [5, 5.41) is 13.4. The quantitative estimate of drug-likeness (QED) is 0.859. The van der Waals surface area contributed by atoms with Crippen molar-refractivity contribution in [1.29, 1.82) is 0 Å². The Kier molecular flexibility index (Phi) is 4.09. The third kappa shape index (κ3) is 3.13. The molecule has 0 atom stereocenters. The molecule has 16 heavy (non-hydrogen) atoms. The molecule has 0 saturated heterocycles. The van der Waals surface area contributed by atoms with Gasteiger partial charge in [-0.25, -0.2) is 0 Å². The largest absolute Gasteiger partial charge is 0.321 e. The van der Waals surface area contributed by atoms with Gasteiger partial charge in [0.05, 0.1) is 3.79 Å². The minimum Gasteiger partial charge on any atom is -0.321 e. The number of nitrogens with one attached hydrogen (secondary N) is 1. The van der Waals surface area contributed by atoms with Gasteiger partial charge in [0.15, 0.2) is 0 Å². The topological polar surface area (TPSA) is 42.7 Å². The Morgan fingerprint density at radius 1 is 1.56 bits per heavy atom. The van der Waals surface area contributed by atoms with Gasteiger partial charge in [0.1, 0.15) is 12.2 Å².